The number of amides is 2. The van der Waals surface area contributed by atoms with Gasteiger partial charge in [0, 0.05) is 12.8 Å². The van der Waals surface area contributed by atoms with E-state index in [0.29, 0.717) is 6.42 Å². The van der Waals surface area contributed by atoms with Gasteiger partial charge in [0.05, 0.1) is 23.2 Å². The summed E-state index contributed by atoms with van der Waals surface area (Å²) in [6.45, 7) is 1.74. The molecule has 0 aromatic heterocycles. The molecule has 0 spiro atoms. The van der Waals surface area contributed by atoms with Crippen molar-refractivity contribution in [2.75, 3.05) is 16.8 Å². The minimum Gasteiger partial charge on any atom is -0.318 e. The molecule has 2 aliphatic rings. The number of nitrogens with zero attached hydrogens (tertiary/aromatic N) is 2. The van der Waals surface area contributed by atoms with Crippen LogP contribution in [0, 0.1) is 12.7 Å². The van der Waals surface area contributed by atoms with Gasteiger partial charge in [0.2, 0.25) is 5.91 Å². The Hall–Kier alpha value is -2.29. The van der Waals surface area contributed by atoms with E-state index in [-0.39, 0.29) is 41.7 Å². The van der Waals surface area contributed by atoms with Crippen LogP contribution in [0.4, 0.5) is 10.1 Å². The minimum atomic E-state index is -3.18. The fourth-order valence-corrected chi connectivity index (χ4v) is 4.60. The summed E-state index contributed by atoms with van der Waals surface area (Å²) in [6.07, 6.45) is 0.506. The van der Waals surface area contributed by atoms with Gasteiger partial charge in [-0.05, 0) is 31.0 Å². The zero-order valence-corrected chi connectivity index (χ0v) is 14.5. The van der Waals surface area contributed by atoms with Crippen molar-refractivity contribution >= 4 is 33.1 Å². The van der Waals surface area contributed by atoms with Crippen LogP contribution in [0.15, 0.2) is 23.3 Å². The van der Waals surface area contributed by atoms with Crippen molar-refractivity contribution in [2.45, 2.75) is 32.2 Å². The van der Waals surface area contributed by atoms with Crippen LogP contribution in [0.1, 0.15) is 24.8 Å². The first-order valence-corrected chi connectivity index (χ1v) is 9.75. The van der Waals surface area contributed by atoms with Gasteiger partial charge in [0.25, 0.3) is 5.91 Å². The van der Waals surface area contributed by atoms with Gasteiger partial charge in [-0.1, -0.05) is 6.07 Å². The SMILES string of the molecule is Cc1ccc(NC(=O)C2=NN([C@@H]3CCS(=O)(=O)C3)C(=O)CC2)c(F)c1. The molecular weight excluding hydrogens is 349 g/mol. The molecule has 1 N–H and O–H groups in total. The van der Waals surface area contributed by atoms with Crippen molar-refractivity contribution in [2.24, 2.45) is 5.10 Å². The summed E-state index contributed by atoms with van der Waals surface area (Å²) in [5.74, 6) is -1.60. The molecule has 1 saturated heterocycles. The maximum absolute atomic E-state index is 13.9. The summed E-state index contributed by atoms with van der Waals surface area (Å²) < 4.78 is 37.1. The molecule has 25 heavy (non-hydrogen) atoms. The lowest BCUT2D eigenvalue weighted by Gasteiger charge is -2.27. The number of halogens is 1. The smallest absolute Gasteiger partial charge is 0.271 e. The van der Waals surface area contributed by atoms with E-state index in [1.807, 2.05) is 0 Å². The highest BCUT2D eigenvalue weighted by Gasteiger charge is 2.37. The van der Waals surface area contributed by atoms with Crippen molar-refractivity contribution in [3.63, 3.8) is 0 Å². The Morgan fingerprint density at radius 2 is 2.12 bits per heavy atom. The van der Waals surface area contributed by atoms with E-state index in [4.69, 9.17) is 0 Å². The molecule has 9 heteroatoms. The zero-order valence-electron chi connectivity index (χ0n) is 13.7. The molecule has 1 aromatic carbocycles. The third-order valence-electron chi connectivity index (χ3n) is 4.25. The Balaban J connectivity index is 1.77. The van der Waals surface area contributed by atoms with Gasteiger partial charge in [0.1, 0.15) is 11.5 Å². The van der Waals surface area contributed by atoms with Gasteiger partial charge in [-0.25, -0.2) is 17.8 Å². The van der Waals surface area contributed by atoms with Crippen LogP contribution in [-0.4, -0.2) is 48.5 Å². The number of rotatable bonds is 3. The topological polar surface area (TPSA) is 95.9 Å². The second kappa shape index (κ2) is 6.55. The predicted molar refractivity (Wildman–Crippen MR) is 90.3 cm³/mol. The van der Waals surface area contributed by atoms with Gasteiger partial charge in [-0.2, -0.15) is 5.10 Å². The van der Waals surface area contributed by atoms with E-state index in [9.17, 15) is 22.4 Å². The summed E-state index contributed by atoms with van der Waals surface area (Å²) >= 11 is 0. The quantitative estimate of drug-likeness (QED) is 0.869. The van der Waals surface area contributed by atoms with E-state index >= 15 is 0 Å². The maximum atomic E-state index is 13.9. The fourth-order valence-electron chi connectivity index (χ4n) is 2.90. The zero-order chi connectivity index (χ0) is 18.2. The molecular formula is C16H18FN3O4S. The number of aryl methyl sites for hydroxylation is 1. The Bertz CT molecular complexity index is 866. The molecule has 3 rings (SSSR count). The number of nitrogens with one attached hydrogen (secondary N) is 1. The van der Waals surface area contributed by atoms with Gasteiger partial charge in [-0.3, -0.25) is 9.59 Å². The van der Waals surface area contributed by atoms with Crippen LogP contribution < -0.4 is 5.32 Å². The summed E-state index contributed by atoms with van der Waals surface area (Å²) in [5.41, 5.74) is 0.846. The Labute approximate surface area is 144 Å². The average Bonchev–Trinajstić information content (AvgIpc) is 2.90. The number of anilines is 1. The summed E-state index contributed by atoms with van der Waals surface area (Å²) in [5, 5.41) is 7.61. The molecule has 1 aromatic rings. The third-order valence-corrected chi connectivity index (χ3v) is 6.00. The first kappa shape index (κ1) is 17.5. The molecule has 2 aliphatic heterocycles. The number of carbonyl (C=O) groups excluding carboxylic acids is 2. The lowest BCUT2D eigenvalue weighted by atomic mass is 10.1. The highest BCUT2D eigenvalue weighted by molar-refractivity contribution is 7.91. The molecule has 1 fully saturated rings. The molecule has 0 radical (unpaired) electrons. The molecule has 0 aliphatic carbocycles. The largest absolute Gasteiger partial charge is 0.318 e. The van der Waals surface area contributed by atoms with Gasteiger partial charge >= 0.3 is 0 Å². The van der Waals surface area contributed by atoms with Gasteiger partial charge in [0.15, 0.2) is 9.84 Å². The molecule has 0 unspecified atom stereocenters. The first-order valence-electron chi connectivity index (χ1n) is 7.92. The van der Waals surface area contributed by atoms with Crippen LogP contribution in [0.3, 0.4) is 0 Å². The van der Waals surface area contributed by atoms with E-state index in [1.54, 1.807) is 13.0 Å². The highest BCUT2D eigenvalue weighted by Crippen LogP contribution is 2.23. The van der Waals surface area contributed by atoms with Crippen LogP contribution in [0.5, 0.6) is 0 Å². The van der Waals surface area contributed by atoms with E-state index in [0.717, 1.165) is 10.6 Å². The monoisotopic (exact) mass is 367 g/mol. The molecule has 2 heterocycles. The first-order chi connectivity index (χ1) is 11.7. The Kier molecular flexibility index (Phi) is 4.59. The fraction of sp³-hybridized carbons (Fsp3) is 0.438. The maximum Gasteiger partial charge on any atom is 0.271 e. The molecule has 134 valence electrons. The summed E-state index contributed by atoms with van der Waals surface area (Å²) in [6, 6.07) is 3.88. The van der Waals surface area contributed by atoms with E-state index in [2.05, 4.69) is 10.4 Å². The minimum absolute atomic E-state index is 0.00702. The van der Waals surface area contributed by atoms with Gasteiger partial charge in [-0.15, -0.1) is 0 Å². The number of hydrogen-bond donors (Lipinski definition) is 1. The number of sulfone groups is 1. The molecule has 1 atom stereocenters. The van der Waals surface area contributed by atoms with Crippen LogP contribution in [0.25, 0.3) is 0 Å². The summed E-state index contributed by atoms with van der Waals surface area (Å²) in [7, 11) is -3.18. The van der Waals surface area contributed by atoms with Crippen molar-refractivity contribution in [1.29, 1.82) is 0 Å². The van der Waals surface area contributed by atoms with Crippen molar-refractivity contribution in [3.8, 4) is 0 Å². The van der Waals surface area contributed by atoms with E-state index < -0.39 is 27.6 Å². The lowest BCUT2D eigenvalue weighted by molar-refractivity contribution is -0.133. The Morgan fingerprint density at radius 1 is 1.36 bits per heavy atom. The predicted octanol–water partition coefficient (Wildman–Crippen LogP) is 1.24. The van der Waals surface area contributed by atoms with Crippen molar-refractivity contribution in [3.05, 3.63) is 29.6 Å². The molecule has 2 amide bonds. The van der Waals surface area contributed by atoms with Gasteiger partial charge < -0.3 is 5.32 Å². The van der Waals surface area contributed by atoms with Crippen LogP contribution >= 0.6 is 0 Å². The number of hydrogen-bond acceptors (Lipinski definition) is 5. The number of benzene rings is 1. The van der Waals surface area contributed by atoms with Crippen LogP contribution in [-0.2, 0) is 19.4 Å². The standard InChI is InChI=1S/C16H18FN3O4S/c1-10-2-3-13(12(17)8-10)18-16(22)14-4-5-15(21)20(19-14)11-6-7-25(23,24)9-11/h2-3,8,11H,4-7,9H2,1H3,(H,18,22)/t11-/m1/s1. The number of hydrazone groups is 1. The normalized spacial score (nSPS) is 22.6. The lowest BCUT2D eigenvalue weighted by Crippen LogP contribution is -2.42. The molecule has 0 bridgehead atoms. The van der Waals surface area contributed by atoms with Crippen molar-refractivity contribution < 1.29 is 22.4 Å². The molecule has 7 nitrogen and oxygen atoms in total. The van der Waals surface area contributed by atoms with Crippen LogP contribution in [0.2, 0.25) is 0 Å². The number of carbonyl (C=O) groups is 2. The second-order valence-electron chi connectivity index (χ2n) is 6.28. The average molecular weight is 367 g/mol. The highest BCUT2D eigenvalue weighted by atomic mass is 32.2. The summed E-state index contributed by atoms with van der Waals surface area (Å²) in [4.78, 5) is 24.4. The van der Waals surface area contributed by atoms with Crippen molar-refractivity contribution in [1.82, 2.24) is 5.01 Å². The second-order valence-corrected chi connectivity index (χ2v) is 8.51. The molecule has 0 saturated carbocycles. The Morgan fingerprint density at radius 3 is 2.76 bits per heavy atom. The van der Waals surface area contributed by atoms with E-state index in [1.165, 1.54) is 12.1 Å². The third kappa shape index (κ3) is 3.87.